The molecule has 0 unspecified atom stereocenters. The maximum atomic E-state index is 6.26. The van der Waals surface area contributed by atoms with E-state index in [1.807, 2.05) is 47.7 Å². The molecular weight excluding hydrogens is 727 g/mol. The average molecular weight is 758 g/mol. The third kappa shape index (κ3) is 5.32. The van der Waals surface area contributed by atoms with Crippen molar-refractivity contribution in [3.05, 3.63) is 188 Å². The Morgan fingerprint density at radius 3 is 1.81 bits per heavy atom. The van der Waals surface area contributed by atoms with Gasteiger partial charge in [-0.2, -0.15) is 0 Å². The first kappa shape index (κ1) is 32.7. The van der Waals surface area contributed by atoms with E-state index in [4.69, 9.17) is 19.4 Å². The minimum Gasteiger partial charge on any atom is -0.456 e. The Kier molecular flexibility index (Phi) is 7.37. The minimum atomic E-state index is 0.684. The van der Waals surface area contributed by atoms with Crippen LogP contribution in [0.4, 0.5) is 0 Å². The highest BCUT2D eigenvalue weighted by Crippen LogP contribution is 2.44. The minimum absolute atomic E-state index is 0.684. The molecule has 4 heterocycles. The third-order valence-corrected chi connectivity index (χ3v) is 12.5. The summed E-state index contributed by atoms with van der Waals surface area (Å²) < 4.78 is 8.82. The molecule has 5 heteroatoms. The number of fused-ring (bicyclic) bond motifs is 10. The zero-order chi connectivity index (χ0) is 38.2. The molecule has 0 atom stereocenters. The zero-order valence-corrected chi connectivity index (χ0v) is 31.9. The second kappa shape index (κ2) is 13.1. The molecule has 12 aromatic rings. The molecule has 0 radical (unpaired) electrons. The fraction of sp³-hybridized carbons (Fsp3) is 0. The maximum Gasteiger partial charge on any atom is 0.160 e. The monoisotopic (exact) mass is 757 g/mol. The van der Waals surface area contributed by atoms with Gasteiger partial charge in [0.2, 0.25) is 0 Å². The van der Waals surface area contributed by atoms with Crippen molar-refractivity contribution in [2.75, 3.05) is 0 Å². The first-order valence-electron chi connectivity index (χ1n) is 19.4. The summed E-state index contributed by atoms with van der Waals surface area (Å²) in [5.74, 6) is 0.684. The Morgan fingerprint density at radius 2 is 0.983 bits per heavy atom. The van der Waals surface area contributed by atoms with E-state index in [2.05, 4.69) is 152 Å². The molecule has 0 N–H and O–H groups in total. The molecule has 0 aliphatic rings. The number of hydrogen-bond acceptors (Lipinski definition) is 5. The van der Waals surface area contributed by atoms with E-state index in [0.717, 1.165) is 72.4 Å². The summed E-state index contributed by atoms with van der Waals surface area (Å²) in [5, 5.41) is 8.37. The van der Waals surface area contributed by atoms with Crippen molar-refractivity contribution >= 4 is 75.1 Å². The molecule has 0 aliphatic carbocycles. The first-order valence-corrected chi connectivity index (χ1v) is 20.2. The van der Waals surface area contributed by atoms with Crippen LogP contribution < -0.4 is 0 Å². The number of aromatic nitrogens is 3. The van der Waals surface area contributed by atoms with Crippen LogP contribution in [0.5, 0.6) is 0 Å². The van der Waals surface area contributed by atoms with Crippen LogP contribution in [0.1, 0.15) is 0 Å². The van der Waals surface area contributed by atoms with Crippen molar-refractivity contribution in [1.29, 1.82) is 0 Å². The molecular formula is C53H31N3OS. The van der Waals surface area contributed by atoms with Gasteiger partial charge in [-0.25, -0.2) is 15.0 Å². The lowest BCUT2D eigenvalue weighted by Crippen LogP contribution is -1.96. The van der Waals surface area contributed by atoms with Gasteiger partial charge in [0.15, 0.2) is 5.82 Å². The van der Waals surface area contributed by atoms with Gasteiger partial charge in [-0.1, -0.05) is 146 Å². The lowest BCUT2D eigenvalue weighted by molar-refractivity contribution is 0.669. The molecule has 0 spiro atoms. The fourth-order valence-corrected chi connectivity index (χ4v) is 9.69. The molecule has 0 saturated carbocycles. The predicted octanol–water partition coefficient (Wildman–Crippen LogP) is 14.8. The molecule has 0 aliphatic heterocycles. The summed E-state index contributed by atoms with van der Waals surface area (Å²) >= 11 is 1.87. The standard InChI is InChI=1S/C53H31N3OS/c1-3-11-34(12-4-1)51-42-27-26-40-43-29-36(24-28-49(43)58-52(40)50(42)41-16-7-9-17-44(41)54-51)32-19-21-33(22-20-32)45-31-46(56-53(55-45)35-13-5-2-6-14-35)37-23-25-39-38-15-8-10-18-47(38)57-48(39)30-37/h1-31H. The molecule has 0 fully saturated rings. The van der Waals surface area contributed by atoms with Crippen LogP contribution in [-0.2, 0) is 0 Å². The third-order valence-electron chi connectivity index (χ3n) is 11.3. The van der Waals surface area contributed by atoms with Crippen LogP contribution in [-0.4, -0.2) is 15.0 Å². The van der Waals surface area contributed by atoms with Crippen LogP contribution in [0.3, 0.4) is 0 Å². The molecule has 4 aromatic heterocycles. The zero-order valence-electron chi connectivity index (χ0n) is 31.1. The van der Waals surface area contributed by atoms with Crippen LogP contribution in [0.15, 0.2) is 192 Å². The summed E-state index contributed by atoms with van der Waals surface area (Å²) in [5.41, 5.74) is 11.9. The smallest absolute Gasteiger partial charge is 0.160 e. The SMILES string of the molecule is c1ccc(-c2nc(-c3ccc(-c4ccc5sc6c(ccc7c(-c8ccccc8)nc8ccccc8c76)c5c4)cc3)cc(-c3ccc4c(c3)oc3ccccc34)n2)cc1. The molecule has 0 bridgehead atoms. The van der Waals surface area contributed by atoms with Gasteiger partial charge in [0.1, 0.15) is 11.2 Å². The van der Waals surface area contributed by atoms with E-state index in [9.17, 15) is 0 Å². The molecule has 0 amide bonds. The Balaban J connectivity index is 0.952. The largest absolute Gasteiger partial charge is 0.456 e. The van der Waals surface area contributed by atoms with Gasteiger partial charge < -0.3 is 4.42 Å². The number of thiophene rings is 1. The Labute approximate surface area is 337 Å². The summed E-state index contributed by atoms with van der Waals surface area (Å²) in [6.07, 6.45) is 0. The molecule has 12 rings (SSSR count). The quantitative estimate of drug-likeness (QED) is 0.164. The maximum absolute atomic E-state index is 6.26. The Bertz CT molecular complexity index is 3550. The van der Waals surface area contributed by atoms with Gasteiger partial charge in [-0.05, 0) is 53.6 Å². The first-order chi connectivity index (χ1) is 28.7. The molecule has 0 saturated heterocycles. The predicted molar refractivity (Wildman–Crippen MR) is 242 cm³/mol. The van der Waals surface area contributed by atoms with Crippen molar-refractivity contribution in [2.24, 2.45) is 0 Å². The van der Waals surface area contributed by atoms with E-state index in [1.54, 1.807) is 0 Å². The highest BCUT2D eigenvalue weighted by atomic mass is 32.1. The van der Waals surface area contributed by atoms with Gasteiger partial charge in [0.25, 0.3) is 0 Å². The van der Waals surface area contributed by atoms with E-state index in [1.165, 1.54) is 41.9 Å². The van der Waals surface area contributed by atoms with Crippen molar-refractivity contribution in [3.8, 4) is 56.3 Å². The number of para-hydroxylation sites is 2. The fourth-order valence-electron chi connectivity index (χ4n) is 8.44. The lowest BCUT2D eigenvalue weighted by atomic mass is 9.97. The van der Waals surface area contributed by atoms with Gasteiger partial charge in [0.05, 0.1) is 22.6 Å². The van der Waals surface area contributed by atoms with Crippen molar-refractivity contribution in [2.45, 2.75) is 0 Å². The second-order valence-corrected chi connectivity index (χ2v) is 15.8. The van der Waals surface area contributed by atoms with Crippen LogP contribution in [0.2, 0.25) is 0 Å². The summed E-state index contributed by atoms with van der Waals surface area (Å²) in [4.78, 5) is 15.3. The van der Waals surface area contributed by atoms with Crippen LogP contribution >= 0.6 is 11.3 Å². The number of benzene rings is 8. The molecule has 4 nitrogen and oxygen atoms in total. The summed E-state index contributed by atoms with van der Waals surface area (Å²) in [6.45, 7) is 0. The molecule has 8 aromatic carbocycles. The van der Waals surface area contributed by atoms with Crippen molar-refractivity contribution in [1.82, 2.24) is 15.0 Å². The highest BCUT2D eigenvalue weighted by Gasteiger charge is 2.18. The van der Waals surface area contributed by atoms with Crippen molar-refractivity contribution < 1.29 is 4.42 Å². The highest BCUT2D eigenvalue weighted by molar-refractivity contribution is 7.26. The number of hydrogen-bond donors (Lipinski definition) is 0. The Morgan fingerprint density at radius 1 is 0.362 bits per heavy atom. The summed E-state index contributed by atoms with van der Waals surface area (Å²) in [7, 11) is 0. The molecule has 270 valence electrons. The normalized spacial score (nSPS) is 11.8. The van der Waals surface area contributed by atoms with Gasteiger partial charge >= 0.3 is 0 Å². The number of pyridine rings is 1. The van der Waals surface area contributed by atoms with E-state index < -0.39 is 0 Å². The van der Waals surface area contributed by atoms with E-state index in [-0.39, 0.29) is 0 Å². The summed E-state index contributed by atoms with van der Waals surface area (Å²) in [6, 6.07) is 66.0. The van der Waals surface area contributed by atoms with Gasteiger partial charge in [0, 0.05) is 69.4 Å². The van der Waals surface area contributed by atoms with Gasteiger partial charge in [-0.3, -0.25) is 0 Å². The Hall–Kier alpha value is -7.47. The van der Waals surface area contributed by atoms with Gasteiger partial charge in [-0.15, -0.1) is 11.3 Å². The molecule has 58 heavy (non-hydrogen) atoms. The van der Waals surface area contributed by atoms with E-state index in [0.29, 0.717) is 5.82 Å². The van der Waals surface area contributed by atoms with Crippen LogP contribution in [0, 0.1) is 0 Å². The topological polar surface area (TPSA) is 51.8 Å². The number of furan rings is 1. The van der Waals surface area contributed by atoms with Crippen LogP contribution in [0.25, 0.3) is 120 Å². The number of nitrogens with zero attached hydrogens (tertiary/aromatic N) is 3. The van der Waals surface area contributed by atoms with Crippen molar-refractivity contribution in [3.63, 3.8) is 0 Å². The van der Waals surface area contributed by atoms with E-state index >= 15 is 0 Å². The second-order valence-electron chi connectivity index (χ2n) is 14.7. The lowest BCUT2D eigenvalue weighted by Gasteiger charge is -2.11. The number of rotatable bonds is 5. The average Bonchev–Trinajstić information content (AvgIpc) is 3.87.